The van der Waals surface area contributed by atoms with Crippen molar-refractivity contribution in [1.29, 1.82) is 0 Å². The second-order valence-corrected chi connectivity index (χ2v) is 3.40. The zero-order valence-corrected chi connectivity index (χ0v) is 10.9. The number of benzene rings is 1. The average molecular weight is 269 g/mol. The summed E-state index contributed by atoms with van der Waals surface area (Å²) in [5.41, 5.74) is 0.388. The van der Waals surface area contributed by atoms with Gasteiger partial charge < -0.3 is 14.2 Å². The van der Waals surface area contributed by atoms with E-state index in [0.29, 0.717) is 17.1 Å². The van der Waals surface area contributed by atoms with Crippen molar-refractivity contribution in [3.63, 3.8) is 0 Å². The molecule has 0 radical (unpaired) electrons. The van der Waals surface area contributed by atoms with Crippen LogP contribution in [0.15, 0.2) is 18.2 Å². The van der Waals surface area contributed by atoms with Crippen LogP contribution in [0.25, 0.3) is 0 Å². The van der Waals surface area contributed by atoms with E-state index in [9.17, 15) is 4.79 Å². The third-order valence-corrected chi connectivity index (χ3v) is 2.21. The van der Waals surface area contributed by atoms with E-state index in [-0.39, 0.29) is 12.5 Å². The molecular weight excluding hydrogens is 256 g/mol. The summed E-state index contributed by atoms with van der Waals surface area (Å²) < 4.78 is 15.1. The molecule has 0 aliphatic heterocycles. The molecule has 0 heterocycles. The number of halogens is 1. The maximum Gasteiger partial charge on any atom is 0.337 e. The van der Waals surface area contributed by atoms with Gasteiger partial charge in [0.05, 0.1) is 25.7 Å². The van der Waals surface area contributed by atoms with Crippen molar-refractivity contribution in [3.05, 3.63) is 23.8 Å². The summed E-state index contributed by atoms with van der Waals surface area (Å²) in [6.45, 7) is 0.174. The molecule has 0 atom stereocenters. The lowest BCUT2D eigenvalue weighted by molar-refractivity contribution is 0.0600. The van der Waals surface area contributed by atoms with Crippen LogP contribution in [-0.2, 0) is 4.74 Å². The van der Waals surface area contributed by atoms with Crippen LogP contribution in [0.3, 0.4) is 0 Å². The third-order valence-electron chi connectivity index (χ3n) is 2.08. The molecule has 18 heavy (non-hydrogen) atoms. The molecule has 0 unspecified atom stereocenters. The van der Waals surface area contributed by atoms with E-state index >= 15 is 0 Å². The van der Waals surface area contributed by atoms with Crippen molar-refractivity contribution in [1.82, 2.24) is 0 Å². The SMILES string of the molecule is COC(=O)c1ccc(OC)c(OCC#CCCl)c1. The summed E-state index contributed by atoms with van der Waals surface area (Å²) in [6.07, 6.45) is 0. The predicted octanol–water partition coefficient (Wildman–Crippen LogP) is 2.10. The predicted molar refractivity (Wildman–Crippen MR) is 68.3 cm³/mol. The molecule has 1 aromatic carbocycles. The highest BCUT2D eigenvalue weighted by Crippen LogP contribution is 2.28. The molecule has 0 saturated heterocycles. The number of rotatable bonds is 4. The van der Waals surface area contributed by atoms with Crippen LogP contribution in [0.1, 0.15) is 10.4 Å². The van der Waals surface area contributed by atoms with Gasteiger partial charge in [0.1, 0.15) is 6.61 Å². The normalized spacial score (nSPS) is 9.06. The van der Waals surface area contributed by atoms with E-state index in [1.807, 2.05) is 0 Å². The van der Waals surface area contributed by atoms with Crippen LogP contribution in [0.2, 0.25) is 0 Å². The second kappa shape index (κ2) is 7.46. The van der Waals surface area contributed by atoms with Crippen LogP contribution in [-0.4, -0.2) is 32.7 Å². The van der Waals surface area contributed by atoms with Gasteiger partial charge in [-0.05, 0) is 18.2 Å². The summed E-state index contributed by atoms with van der Waals surface area (Å²) in [7, 11) is 2.84. The number of ether oxygens (including phenoxy) is 3. The molecule has 0 aromatic heterocycles. The second-order valence-electron chi connectivity index (χ2n) is 3.13. The summed E-state index contributed by atoms with van der Waals surface area (Å²) in [5.74, 6) is 6.16. The van der Waals surface area contributed by atoms with Gasteiger partial charge in [0.25, 0.3) is 0 Å². The van der Waals surface area contributed by atoms with Crippen molar-refractivity contribution in [2.45, 2.75) is 0 Å². The van der Waals surface area contributed by atoms with E-state index in [1.54, 1.807) is 18.2 Å². The Balaban J connectivity index is 2.88. The zero-order valence-electron chi connectivity index (χ0n) is 10.2. The fourth-order valence-electron chi connectivity index (χ4n) is 1.25. The highest BCUT2D eigenvalue weighted by molar-refractivity contribution is 6.19. The van der Waals surface area contributed by atoms with Crippen LogP contribution in [0.5, 0.6) is 11.5 Å². The van der Waals surface area contributed by atoms with Crippen molar-refractivity contribution < 1.29 is 19.0 Å². The largest absolute Gasteiger partial charge is 0.493 e. The number of alkyl halides is 1. The molecule has 0 fully saturated rings. The Morgan fingerprint density at radius 2 is 2.06 bits per heavy atom. The minimum absolute atomic E-state index is 0.174. The van der Waals surface area contributed by atoms with Gasteiger partial charge in [-0.2, -0.15) is 0 Å². The van der Waals surface area contributed by atoms with Gasteiger partial charge >= 0.3 is 5.97 Å². The highest BCUT2D eigenvalue weighted by Gasteiger charge is 2.10. The van der Waals surface area contributed by atoms with Crippen LogP contribution in [0, 0.1) is 11.8 Å². The average Bonchev–Trinajstić information content (AvgIpc) is 2.42. The lowest BCUT2D eigenvalue weighted by Crippen LogP contribution is -2.03. The Bertz CT molecular complexity index is 474. The van der Waals surface area contributed by atoms with E-state index < -0.39 is 5.97 Å². The molecule has 4 nitrogen and oxygen atoms in total. The molecule has 0 N–H and O–H groups in total. The minimum atomic E-state index is -0.436. The maximum atomic E-state index is 11.4. The molecule has 0 saturated carbocycles. The summed E-state index contributed by atoms with van der Waals surface area (Å²) in [6, 6.07) is 4.78. The fraction of sp³-hybridized carbons (Fsp3) is 0.308. The summed E-state index contributed by atoms with van der Waals surface area (Å²) in [4.78, 5) is 11.4. The van der Waals surface area contributed by atoms with Gasteiger partial charge in [0, 0.05) is 0 Å². The Hall–Kier alpha value is -1.86. The van der Waals surface area contributed by atoms with Gasteiger partial charge in [-0.1, -0.05) is 11.8 Å². The summed E-state index contributed by atoms with van der Waals surface area (Å²) in [5, 5.41) is 0. The minimum Gasteiger partial charge on any atom is -0.493 e. The smallest absolute Gasteiger partial charge is 0.337 e. The van der Waals surface area contributed by atoms with Gasteiger partial charge in [-0.25, -0.2) is 4.79 Å². The quantitative estimate of drug-likeness (QED) is 0.477. The molecule has 0 bridgehead atoms. The molecule has 0 amide bonds. The van der Waals surface area contributed by atoms with E-state index in [4.69, 9.17) is 21.1 Å². The van der Waals surface area contributed by atoms with Gasteiger partial charge in [-0.3, -0.25) is 0 Å². The number of carbonyl (C=O) groups is 1. The first-order valence-electron chi connectivity index (χ1n) is 5.13. The number of hydrogen-bond acceptors (Lipinski definition) is 4. The number of hydrogen-bond donors (Lipinski definition) is 0. The molecule has 1 aromatic rings. The summed E-state index contributed by atoms with van der Waals surface area (Å²) >= 11 is 5.41. The van der Waals surface area contributed by atoms with E-state index in [1.165, 1.54) is 14.2 Å². The first-order valence-corrected chi connectivity index (χ1v) is 5.67. The Morgan fingerprint density at radius 1 is 1.28 bits per heavy atom. The monoisotopic (exact) mass is 268 g/mol. The van der Waals surface area contributed by atoms with Crippen LogP contribution < -0.4 is 9.47 Å². The van der Waals surface area contributed by atoms with Crippen molar-refractivity contribution in [2.24, 2.45) is 0 Å². The topological polar surface area (TPSA) is 44.8 Å². The van der Waals surface area contributed by atoms with Crippen molar-refractivity contribution in [2.75, 3.05) is 26.7 Å². The lowest BCUT2D eigenvalue weighted by Gasteiger charge is -2.09. The van der Waals surface area contributed by atoms with Crippen molar-refractivity contribution in [3.8, 4) is 23.3 Å². The number of esters is 1. The first kappa shape index (κ1) is 14.2. The molecular formula is C13H13ClO4. The van der Waals surface area contributed by atoms with Gasteiger partial charge in [0.15, 0.2) is 11.5 Å². The van der Waals surface area contributed by atoms with Crippen LogP contribution >= 0.6 is 11.6 Å². The lowest BCUT2D eigenvalue weighted by atomic mass is 10.2. The highest BCUT2D eigenvalue weighted by atomic mass is 35.5. The van der Waals surface area contributed by atoms with E-state index in [0.717, 1.165) is 0 Å². The third kappa shape index (κ3) is 3.86. The van der Waals surface area contributed by atoms with Crippen LogP contribution in [0.4, 0.5) is 0 Å². The van der Waals surface area contributed by atoms with Crippen molar-refractivity contribution >= 4 is 17.6 Å². The number of carbonyl (C=O) groups excluding carboxylic acids is 1. The molecule has 1 rings (SSSR count). The zero-order chi connectivity index (χ0) is 13.4. The Morgan fingerprint density at radius 3 is 2.67 bits per heavy atom. The van der Waals surface area contributed by atoms with Gasteiger partial charge in [0.2, 0.25) is 0 Å². The Labute approximate surface area is 111 Å². The standard InChI is InChI=1S/C13H13ClO4/c1-16-11-6-5-10(13(15)17-2)9-12(11)18-8-4-3-7-14/h5-6,9H,7-8H2,1-2H3. The molecule has 96 valence electrons. The molecule has 0 aliphatic carbocycles. The fourth-order valence-corrected chi connectivity index (χ4v) is 1.34. The Kier molecular flexibility index (Phi) is 5.89. The number of methoxy groups -OCH3 is 2. The maximum absolute atomic E-state index is 11.4. The van der Waals surface area contributed by atoms with Gasteiger partial charge in [-0.15, -0.1) is 11.6 Å². The molecule has 5 heteroatoms. The first-order chi connectivity index (χ1) is 8.72. The molecule has 0 spiro atoms. The van der Waals surface area contributed by atoms with E-state index in [2.05, 4.69) is 16.6 Å². The molecule has 0 aliphatic rings.